The van der Waals surface area contributed by atoms with Crippen LogP contribution in [-0.2, 0) is 23.8 Å². The number of pyridine rings is 1. The second-order valence-electron chi connectivity index (χ2n) is 6.90. The maximum Gasteiger partial charge on any atom is 0.151 e. The molecule has 0 aliphatic rings. The first kappa shape index (κ1) is 19.5. The van der Waals surface area contributed by atoms with Crippen molar-refractivity contribution in [3.8, 4) is 0 Å². The van der Waals surface area contributed by atoms with Crippen LogP contribution in [0.3, 0.4) is 0 Å². The van der Waals surface area contributed by atoms with Gasteiger partial charge in [-0.2, -0.15) is 0 Å². The Morgan fingerprint density at radius 2 is 1.85 bits per heavy atom. The molecule has 0 amide bonds. The van der Waals surface area contributed by atoms with E-state index in [1.165, 1.54) is 0 Å². The Labute approximate surface area is 163 Å². The van der Waals surface area contributed by atoms with Gasteiger partial charge in [0.2, 0.25) is 0 Å². The summed E-state index contributed by atoms with van der Waals surface area (Å²) in [5.74, 6) is 2.26. The number of hydrogen-bond donors (Lipinski definition) is 1. The van der Waals surface area contributed by atoms with Crippen molar-refractivity contribution >= 4 is 27.7 Å². The quantitative estimate of drug-likeness (QED) is 0.592. The van der Waals surface area contributed by atoms with Gasteiger partial charge in [0.25, 0.3) is 0 Å². The SMILES string of the molecule is CCCc1nc2c(N)nc(C)c(C)c2n1CCCCS(=O)c1ccccc1. The predicted octanol–water partition coefficient (Wildman–Crippen LogP) is 4.17. The molecular formula is C21H28N4OS. The first-order valence-corrected chi connectivity index (χ1v) is 10.9. The molecule has 0 spiro atoms. The molecule has 2 N–H and O–H groups in total. The van der Waals surface area contributed by atoms with Crippen LogP contribution in [0.25, 0.3) is 11.0 Å². The highest BCUT2D eigenvalue weighted by molar-refractivity contribution is 7.85. The molecule has 1 unspecified atom stereocenters. The number of hydrogen-bond acceptors (Lipinski definition) is 4. The number of nitrogens with two attached hydrogens (primary N) is 1. The summed E-state index contributed by atoms with van der Waals surface area (Å²) in [5.41, 5.74) is 10.1. The average molecular weight is 385 g/mol. The summed E-state index contributed by atoms with van der Waals surface area (Å²) in [4.78, 5) is 10.1. The zero-order chi connectivity index (χ0) is 19.4. The molecule has 2 aromatic heterocycles. The summed E-state index contributed by atoms with van der Waals surface area (Å²) in [6.45, 7) is 7.10. The second-order valence-corrected chi connectivity index (χ2v) is 8.47. The van der Waals surface area contributed by atoms with Crippen LogP contribution in [0.4, 0.5) is 5.82 Å². The fourth-order valence-corrected chi connectivity index (χ4v) is 4.56. The van der Waals surface area contributed by atoms with E-state index in [4.69, 9.17) is 10.7 Å². The van der Waals surface area contributed by atoms with Crippen LogP contribution in [0.2, 0.25) is 0 Å². The van der Waals surface area contributed by atoms with Gasteiger partial charge in [0.15, 0.2) is 5.82 Å². The minimum Gasteiger partial charge on any atom is -0.382 e. The van der Waals surface area contributed by atoms with E-state index in [-0.39, 0.29) is 0 Å². The molecule has 27 heavy (non-hydrogen) atoms. The molecule has 3 aromatic rings. The number of anilines is 1. The lowest BCUT2D eigenvalue weighted by molar-refractivity contribution is 0.608. The van der Waals surface area contributed by atoms with Crippen LogP contribution in [0.5, 0.6) is 0 Å². The Kier molecular flexibility index (Phi) is 6.26. The molecule has 5 nitrogen and oxygen atoms in total. The molecule has 1 atom stereocenters. The zero-order valence-corrected chi connectivity index (χ0v) is 17.2. The van der Waals surface area contributed by atoms with Gasteiger partial charge in [-0.3, -0.25) is 4.21 Å². The largest absolute Gasteiger partial charge is 0.382 e. The lowest BCUT2D eigenvalue weighted by Gasteiger charge is -2.11. The van der Waals surface area contributed by atoms with Crippen molar-refractivity contribution in [3.05, 3.63) is 47.4 Å². The maximum absolute atomic E-state index is 12.4. The van der Waals surface area contributed by atoms with E-state index in [1.54, 1.807) is 0 Å². The third-order valence-electron chi connectivity index (χ3n) is 4.92. The standard InChI is InChI=1S/C21H28N4OS/c1-4-10-18-24-19-20(15(2)16(3)23-21(19)22)25(18)13-8-9-14-27(26)17-11-6-5-7-12-17/h5-7,11-12H,4,8-10,13-14H2,1-3H3,(H2,22,23). The van der Waals surface area contributed by atoms with Crippen molar-refractivity contribution in [3.63, 3.8) is 0 Å². The van der Waals surface area contributed by atoms with Crippen LogP contribution >= 0.6 is 0 Å². The number of aromatic nitrogens is 3. The maximum atomic E-state index is 12.4. The van der Waals surface area contributed by atoms with Crippen LogP contribution in [0.15, 0.2) is 35.2 Å². The van der Waals surface area contributed by atoms with Crippen molar-refractivity contribution in [1.29, 1.82) is 0 Å². The number of benzene rings is 1. The van der Waals surface area contributed by atoms with E-state index in [9.17, 15) is 4.21 Å². The van der Waals surface area contributed by atoms with Crippen LogP contribution in [0.1, 0.15) is 43.3 Å². The molecular weight excluding hydrogens is 356 g/mol. The molecule has 6 heteroatoms. The molecule has 0 saturated heterocycles. The fourth-order valence-electron chi connectivity index (χ4n) is 3.40. The summed E-state index contributed by atoms with van der Waals surface area (Å²) < 4.78 is 14.7. The van der Waals surface area contributed by atoms with E-state index < -0.39 is 10.8 Å². The summed E-state index contributed by atoms with van der Waals surface area (Å²) in [6, 6.07) is 9.68. The molecule has 0 aliphatic heterocycles. The van der Waals surface area contributed by atoms with Gasteiger partial charge in [-0.15, -0.1) is 0 Å². The Morgan fingerprint density at radius 1 is 1.11 bits per heavy atom. The van der Waals surface area contributed by atoms with Crippen LogP contribution in [-0.4, -0.2) is 24.5 Å². The topological polar surface area (TPSA) is 73.8 Å². The first-order chi connectivity index (χ1) is 13.0. The van der Waals surface area contributed by atoms with Crippen LogP contribution < -0.4 is 5.73 Å². The minimum atomic E-state index is -0.934. The number of nitrogens with zero attached hydrogens (tertiary/aromatic N) is 3. The first-order valence-electron chi connectivity index (χ1n) is 9.58. The van der Waals surface area contributed by atoms with Crippen molar-refractivity contribution in [2.24, 2.45) is 0 Å². The number of unbranched alkanes of at least 4 members (excludes halogenated alkanes) is 1. The predicted molar refractivity (Wildman–Crippen MR) is 112 cm³/mol. The molecule has 0 radical (unpaired) electrons. The number of aryl methyl sites for hydroxylation is 4. The highest BCUT2D eigenvalue weighted by atomic mass is 32.2. The van der Waals surface area contributed by atoms with Gasteiger partial charge >= 0.3 is 0 Å². The number of imidazole rings is 1. The Hall–Kier alpha value is -2.21. The van der Waals surface area contributed by atoms with Gasteiger partial charge in [-0.1, -0.05) is 25.1 Å². The molecule has 0 bridgehead atoms. The molecule has 144 valence electrons. The van der Waals surface area contributed by atoms with E-state index in [1.807, 2.05) is 37.3 Å². The lowest BCUT2D eigenvalue weighted by atomic mass is 10.2. The third-order valence-corrected chi connectivity index (χ3v) is 6.37. The minimum absolute atomic E-state index is 0.509. The van der Waals surface area contributed by atoms with Crippen molar-refractivity contribution in [2.45, 2.75) is 57.9 Å². The average Bonchev–Trinajstić information content (AvgIpc) is 3.03. The number of fused-ring (bicyclic) bond motifs is 1. The Bertz CT molecular complexity index is 950. The van der Waals surface area contributed by atoms with Crippen molar-refractivity contribution in [2.75, 3.05) is 11.5 Å². The highest BCUT2D eigenvalue weighted by Gasteiger charge is 2.17. The summed E-state index contributed by atoms with van der Waals surface area (Å²) in [7, 11) is -0.934. The highest BCUT2D eigenvalue weighted by Crippen LogP contribution is 2.27. The Morgan fingerprint density at radius 3 is 2.56 bits per heavy atom. The summed E-state index contributed by atoms with van der Waals surface area (Å²) >= 11 is 0. The van der Waals surface area contributed by atoms with E-state index >= 15 is 0 Å². The molecule has 0 fully saturated rings. The van der Waals surface area contributed by atoms with Crippen molar-refractivity contribution in [1.82, 2.24) is 14.5 Å². The van der Waals surface area contributed by atoms with Gasteiger partial charge in [-0.05, 0) is 50.8 Å². The second kappa shape index (κ2) is 8.65. The van der Waals surface area contributed by atoms with Gasteiger partial charge in [0, 0.05) is 29.3 Å². The van der Waals surface area contributed by atoms with E-state index in [0.717, 1.165) is 65.2 Å². The summed E-state index contributed by atoms with van der Waals surface area (Å²) in [5, 5.41) is 0. The van der Waals surface area contributed by atoms with E-state index in [0.29, 0.717) is 11.6 Å². The number of nitrogen functional groups attached to an aromatic ring is 1. The molecule has 0 aliphatic carbocycles. The van der Waals surface area contributed by atoms with Gasteiger partial charge in [0.05, 0.1) is 16.3 Å². The molecule has 2 heterocycles. The normalized spacial score (nSPS) is 12.6. The Balaban J connectivity index is 1.76. The van der Waals surface area contributed by atoms with Gasteiger partial charge in [-0.25, -0.2) is 9.97 Å². The fraction of sp³-hybridized carbons (Fsp3) is 0.429. The zero-order valence-electron chi connectivity index (χ0n) is 16.4. The molecule has 1 aromatic carbocycles. The smallest absolute Gasteiger partial charge is 0.151 e. The third kappa shape index (κ3) is 4.21. The van der Waals surface area contributed by atoms with Crippen LogP contribution in [0, 0.1) is 13.8 Å². The van der Waals surface area contributed by atoms with E-state index in [2.05, 4.69) is 23.4 Å². The van der Waals surface area contributed by atoms with Gasteiger partial charge in [0.1, 0.15) is 11.3 Å². The number of rotatable bonds is 8. The summed E-state index contributed by atoms with van der Waals surface area (Å²) in [6.07, 6.45) is 3.82. The molecule has 3 rings (SSSR count). The lowest BCUT2D eigenvalue weighted by Crippen LogP contribution is -2.07. The van der Waals surface area contributed by atoms with Gasteiger partial charge < -0.3 is 10.3 Å². The van der Waals surface area contributed by atoms with Crippen molar-refractivity contribution < 1.29 is 4.21 Å². The molecule has 0 saturated carbocycles. The monoisotopic (exact) mass is 384 g/mol.